The lowest BCUT2D eigenvalue weighted by Gasteiger charge is -2.14. The Morgan fingerprint density at radius 3 is 2.46 bits per heavy atom. The van der Waals surface area contributed by atoms with Crippen molar-refractivity contribution >= 4 is 77.8 Å². The maximum atomic E-state index is 12.8. The van der Waals surface area contributed by atoms with Gasteiger partial charge >= 0.3 is 0 Å². The molecule has 0 radical (unpaired) electrons. The minimum absolute atomic E-state index is 0.0966. The van der Waals surface area contributed by atoms with E-state index < -0.39 is 0 Å². The van der Waals surface area contributed by atoms with E-state index in [0.29, 0.717) is 9.23 Å². The zero-order valence-electron chi connectivity index (χ0n) is 14.0. The summed E-state index contributed by atoms with van der Waals surface area (Å²) in [5, 5.41) is 0. The Labute approximate surface area is 179 Å². The zero-order chi connectivity index (χ0) is 18.8. The van der Waals surface area contributed by atoms with Crippen LogP contribution in [0.2, 0.25) is 0 Å². The van der Waals surface area contributed by atoms with Gasteiger partial charge in [-0.2, -0.15) is 0 Å². The Morgan fingerprint density at radius 1 is 1.15 bits per heavy atom. The molecule has 1 aliphatic heterocycles. The highest BCUT2D eigenvalue weighted by atomic mass is 79.9. The number of hydrogen-bond donors (Lipinski definition) is 0. The van der Waals surface area contributed by atoms with Gasteiger partial charge in [0.2, 0.25) is 0 Å². The predicted molar refractivity (Wildman–Crippen MR) is 120 cm³/mol. The lowest BCUT2D eigenvalue weighted by Crippen LogP contribution is -2.27. The minimum Gasteiger partial charge on any atom is -0.490 e. The lowest BCUT2D eigenvalue weighted by molar-refractivity contribution is -0.113. The van der Waals surface area contributed by atoms with E-state index in [-0.39, 0.29) is 12.0 Å². The fourth-order valence-corrected chi connectivity index (χ4v) is 4.44. The molecule has 0 unspecified atom stereocenters. The van der Waals surface area contributed by atoms with Crippen molar-refractivity contribution in [1.82, 2.24) is 0 Å². The molecular weight excluding hydrogens is 498 g/mol. The van der Waals surface area contributed by atoms with Crippen LogP contribution >= 0.6 is 55.8 Å². The standard InChI is InChI=1S/C19H15Br2NO2S2/c1-11(2)24-16-8-3-12(9-15(16)21)10-17-18(23)22(19(25)26-17)14-6-4-13(20)5-7-14/h3-11H,1-2H3/b17-10-. The second kappa shape index (κ2) is 8.25. The van der Waals surface area contributed by atoms with Gasteiger partial charge in [-0.1, -0.05) is 46.0 Å². The fraction of sp³-hybridized carbons (Fsp3) is 0.158. The molecule has 0 spiro atoms. The summed E-state index contributed by atoms with van der Waals surface area (Å²) in [6.07, 6.45) is 1.95. The Bertz CT molecular complexity index is 895. The number of ether oxygens (including phenoxy) is 1. The number of thiocarbonyl (C=S) groups is 1. The van der Waals surface area contributed by atoms with Gasteiger partial charge in [-0.05, 0) is 77.8 Å². The maximum Gasteiger partial charge on any atom is 0.270 e. The van der Waals surface area contributed by atoms with Gasteiger partial charge in [-0.25, -0.2) is 0 Å². The average Bonchev–Trinajstić information content (AvgIpc) is 2.85. The first-order chi connectivity index (χ1) is 12.3. The molecule has 2 aromatic carbocycles. The van der Waals surface area contributed by atoms with E-state index >= 15 is 0 Å². The topological polar surface area (TPSA) is 29.5 Å². The van der Waals surface area contributed by atoms with E-state index in [1.165, 1.54) is 11.8 Å². The first kappa shape index (κ1) is 19.6. The largest absolute Gasteiger partial charge is 0.490 e. The van der Waals surface area contributed by atoms with Crippen LogP contribution in [0, 0.1) is 0 Å². The second-order valence-corrected chi connectivity index (χ2v) is 9.30. The van der Waals surface area contributed by atoms with Crippen molar-refractivity contribution in [3.8, 4) is 5.75 Å². The smallest absolute Gasteiger partial charge is 0.270 e. The number of carbonyl (C=O) groups is 1. The second-order valence-electron chi connectivity index (χ2n) is 5.85. The molecule has 0 aromatic heterocycles. The molecule has 1 heterocycles. The molecule has 0 bridgehead atoms. The molecule has 26 heavy (non-hydrogen) atoms. The van der Waals surface area contributed by atoms with Crippen molar-refractivity contribution in [2.45, 2.75) is 20.0 Å². The number of thioether (sulfide) groups is 1. The number of halogens is 2. The van der Waals surface area contributed by atoms with Gasteiger partial charge in [0, 0.05) is 4.47 Å². The van der Waals surface area contributed by atoms with Crippen LogP contribution in [0.1, 0.15) is 19.4 Å². The molecule has 0 atom stereocenters. The summed E-state index contributed by atoms with van der Waals surface area (Å²) in [7, 11) is 0. The Hall–Kier alpha value is -1.15. The molecule has 3 rings (SSSR count). The third-order valence-corrected chi connectivity index (χ3v) is 5.95. The number of hydrogen-bond acceptors (Lipinski definition) is 4. The average molecular weight is 513 g/mol. The number of anilines is 1. The molecule has 0 saturated carbocycles. The summed E-state index contributed by atoms with van der Waals surface area (Å²) in [4.78, 5) is 15.0. The molecule has 0 N–H and O–H groups in total. The summed E-state index contributed by atoms with van der Waals surface area (Å²) >= 11 is 13.6. The van der Waals surface area contributed by atoms with Gasteiger partial charge in [0.15, 0.2) is 4.32 Å². The highest BCUT2D eigenvalue weighted by Gasteiger charge is 2.33. The van der Waals surface area contributed by atoms with Crippen LogP contribution in [0.4, 0.5) is 5.69 Å². The highest BCUT2D eigenvalue weighted by molar-refractivity contribution is 9.10. The monoisotopic (exact) mass is 511 g/mol. The molecule has 0 aliphatic carbocycles. The van der Waals surface area contributed by atoms with E-state index in [9.17, 15) is 4.79 Å². The SMILES string of the molecule is CC(C)Oc1ccc(/C=C2\SC(=S)N(c3ccc(Br)cc3)C2=O)cc1Br. The predicted octanol–water partition coefficient (Wildman–Crippen LogP) is 6.40. The summed E-state index contributed by atoms with van der Waals surface area (Å²) in [6.45, 7) is 3.96. The third kappa shape index (κ3) is 4.39. The van der Waals surface area contributed by atoms with Crippen LogP contribution in [0.3, 0.4) is 0 Å². The van der Waals surface area contributed by atoms with Gasteiger partial charge < -0.3 is 4.74 Å². The van der Waals surface area contributed by atoms with E-state index in [1.54, 1.807) is 4.90 Å². The molecule has 1 fully saturated rings. The quantitative estimate of drug-likeness (QED) is 0.350. The summed E-state index contributed by atoms with van der Waals surface area (Å²) in [6, 6.07) is 13.3. The molecule has 3 nitrogen and oxygen atoms in total. The summed E-state index contributed by atoms with van der Waals surface area (Å²) in [5.41, 5.74) is 1.67. The van der Waals surface area contributed by atoms with Crippen molar-refractivity contribution in [2.75, 3.05) is 4.90 Å². The Kier molecular flexibility index (Phi) is 6.22. The molecule has 1 amide bonds. The third-order valence-electron chi connectivity index (χ3n) is 3.49. The van der Waals surface area contributed by atoms with E-state index in [1.807, 2.05) is 62.4 Å². The van der Waals surface area contributed by atoms with Crippen molar-refractivity contribution in [2.24, 2.45) is 0 Å². The van der Waals surface area contributed by atoms with Crippen molar-refractivity contribution < 1.29 is 9.53 Å². The number of nitrogens with zero attached hydrogens (tertiary/aromatic N) is 1. The van der Waals surface area contributed by atoms with E-state index in [2.05, 4.69) is 31.9 Å². The summed E-state index contributed by atoms with van der Waals surface area (Å²) in [5.74, 6) is 0.667. The van der Waals surface area contributed by atoms with Crippen molar-refractivity contribution in [3.63, 3.8) is 0 Å². The number of rotatable bonds is 4. The van der Waals surface area contributed by atoms with E-state index in [0.717, 1.165) is 25.9 Å². The fourth-order valence-electron chi connectivity index (χ4n) is 2.39. The molecule has 7 heteroatoms. The number of carbonyl (C=O) groups excluding carboxylic acids is 1. The first-order valence-corrected chi connectivity index (χ1v) is 10.7. The molecule has 2 aromatic rings. The van der Waals surface area contributed by atoms with Crippen LogP contribution in [0.5, 0.6) is 5.75 Å². The summed E-state index contributed by atoms with van der Waals surface area (Å²) < 4.78 is 8.05. The highest BCUT2D eigenvalue weighted by Crippen LogP contribution is 2.37. The Morgan fingerprint density at radius 2 is 1.85 bits per heavy atom. The van der Waals surface area contributed by atoms with Crippen LogP contribution in [0.15, 0.2) is 56.3 Å². The van der Waals surface area contributed by atoms with Crippen LogP contribution in [-0.2, 0) is 4.79 Å². The molecule has 1 aliphatic rings. The molecular formula is C19H15Br2NO2S2. The molecule has 134 valence electrons. The van der Waals surface area contributed by atoms with Gasteiger partial charge in [0.25, 0.3) is 5.91 Å². The van der Waals surface area contributed by atoms with Crippen molar-refractivity contribution in [1.29, 1.82) is 0 Å². The maximum absolute atomic E-state index is 12.8. The van der Waals surface area contributed by atoms with Gasteiger partial charge in [-0.15, -0.1) is 0 Å². The minimum atomic E-state index is -0.110. The van der Waals surface area contributed by atoms with Crippen LogP contribution in [0.25, 0.3) is 6.08 Å². The van der Waals surface area contributed by atoms with Gasteiger partial charge in [-0.3, -0.25) is 9.69 Å². The van der Waals surface area contributed by atoms with E-state index in [4.69, 9.17) is 17.0 Å². The Balaban J connectivity index is 1.86. The van der Waals surface area contributed by atoms with Gasteiger partial charge in [0.05, 0.1) is 21.2 Å². The van der Waals surface area contributed by atoms with Crippen molar-refractivity contribution in [3.05, 3.63) is 61.9 Å². The number of amides is 1. The van der Waals surface area contributed by atoms with Crippen LogP contribution in [-0.4, -0.2) is 16.3 Å². The molecule has 1 saturated heterocycles. The normalized spacial score (nSPS) is 16.0. The first-order valence-electron chi connectivity index (χ1n) is 7.85. The van der Waals surface area contributed by atoms with Crippen LogP contribution < -0.4 is 9.64 Å². The lowest BCUT2D eigenvalue weighted by atomic mass is 10.2. The van der Waals surface area contributed by atoms with Gasteiger partial charge in [0.1, 0.15) is 5.75 Å². The zero-order valence-corrected chi connectivity index (χ0v) is 18.8. The number of benzene rings is 2.